The molecule has 19 heavy (non-hydrogen) atoms. The Bertz CT molecular complexity index is 461. The maximum absolute atomic E-state index is 13.9. The molecule has 1 aliphatic carbocycles. The monoisotopic (exact) mass is 266 g/mol. The van der Waals surface area contributed by atoms with Gasteiger partial charge in [-0.15, -0.1) is 0 Å². The number of amides is 1. The van der Waals surface area contributed by atoms with E-state index in [1.54, 1.807) is 12.1 Å². The maximum Gasteiger partial charge on any atom is 0.248 e. The number of aliphatic hydroxyl groups is 1. The molecule has 1 fully saturated rings. The van der Waals surface area contributed by atoms with Crippen molar-refractivity contribution in [3.63, 3.8) is 0 Å². The fourth-order valence-electron chi connectivity index (χ4n) is 2.32. The van der Waals surface area contributed by atoms with E-state index < -0.39 is 11.7 Å². The van der Waals surface area contributed by atoms with Gasteiger partial charge in [-0.3, -0.25) is 9.69 Å². The molecular formula is C14H19FN2O2. The molecule has 0 aliphatic heterocycles. The van der Waals surface area contributed by atoms with E-state index in [1.807, 2.05) is 0 Å². The number of carbonyl (C=O) groups excluding carboxylic acids is 1. The quantitative estimate of drug-likeness (QED) is 0.815. The zero-order chi connectivity index (χ0) is 13.8. The van der Waals surface area contributed by atoms with E-state index in [0.717, 1.165) is 12.8 Å². The largest absolute Gasteiger partial charge is 0.395 e. The Balaban J connectivity index is 2.09. The van der Waals surface area contributed by atoms with E-state index in [9.17, 15) is 9.18 Å². The average Bonchev–Trinajstić information content (AvgIpc) is 2.29. The number of hydrogen-bond acceptors (Lipinski definition) is 3. The zero-order valence-corrected chi connectivity index (χ0v) is 10.8. The minimum absolute atomic E-state index is 0.0670. The van der Waals surface area contributed by atoms with Gasteiger partial charge >= 0.3 is 0 Å². The Morgan fingerprint density at radius 1 is 1.47 bits per heavy atom. The number of carbonyl (C=O) groups is 1. The number of aliphatic hydroxyl groups excluding tert-OH is 1. The zero-order valence-electron chi connectivity index (χ0n) is 10.8. The summed E-state index contributed by atoms with van der Waals surface area (Å²) in [6.45, 7) is 1.06. The van der Waals surface area contributed by atoms with Gasteiger partial charge in [-0.25, -0.2) is 4.39 Å². The van der Waals surface area contributed by atoms with Gasteiger partial charge in [-0.1, -0.05) is 12.5 Å². The first kappa shape index (κ1) is 14.0. The van der Waals surface area contributed by atoms with Crippen molar-refractivity contribution >= 4 is 5.91 Å². The van der Waals surface area contributed by atoms with Crippen LogP contribution in [0.5, 0.6) is 0 Å². The summed E-state index contributed by atoms with van der Waals surface area (Å²) in [6.07, 6.45) is 3.39. The van der Waals surface area contributed by atoms with Gasteiger partial charge in [0.15, 0.2) is 0 Å². The molecule has 1 aromatic rings. The summed E-state index contributed by atoms with van der Waals surface area (Å²) in [7, 11) is 0. The lowest BCUT2D eigenvalue weighted by molar-refractivity contribution is 0.0934. The van der Waals surface area contributed by atoms with Crippen LogP contribution >= 0.6 is 0 Å². The molecule has 1 amide bonds. The molecule has 0 aromatic heterocycles. The van der Waals surface area contributed by atoms with E-state index in [-0.39, 0.29) is 12.2 Å². The second kappa shape index (κ2) is 6.12. The second-order valence-corrected chi connectivity index (χ2v) is 4.95. The number of halogens is 1. The van der Waals surface area contributed by atoms with Crippen molar-refractivity contribution in [2.45, 2.75) is 31.8 Å². The molecule has 2 rings (SSSR count). The predicted molar refractivity (Wildman–Crippen MR) is 70.1 cm³/mol. The lowest BCUT2D eigenvalue weighted by Crippen LogP contribution is -2.41. The van der Waals surface area contributed by atoms with Crippen LogP contribution in [0.3, 0.4) is 0 Å². The summed E-state index contributed by atoms with van der Waals surface area (Å²) in [5.41, 5.74) is 5.82. The molecule has 0 atom stereocenters. The normalized spacial score (nSPS) is 15.5. The highest BCUT2D eigenvalue weighted by atomic mass is 19.1. The van der Waals surface area contributed by atoms with E-state index in [0.29, 0.717) is 24.7 Å². The molecule has 0 spiro atoms. The number of nitrogens with zero attached hydrogens (tertiary/aromatic N) is 1. The topological polar surface area (TPSA) is 66.6 Å². The Kier molecular flexibility index (Phi) is 4.50. The van der Waals surface area contributed by atoms with Crippen molar-refractivity contribution in [3.8, 4) is 0 Å². The lowest BCUT2D eigenvalue weighted by atomic mass is 9.91. The lowest BCUT2D eigenvalue weighted by Gasteiger charge is -2.37. The first-order valence-electron chi connectivity index (χ1n) is 6.55. The Labute approximate surface area is 112 Å². The van der Waals surface area contributed by atoms with Crippen molar-refractivity contribution in [3.05, 3.63) is 35.1 Å². The van der Waals surface area contributed by atoms with Crippen LogP contribution < -0.4 is 5.73 Å². The molecule has 1 aliphatic rings. The van der Waals surface area contributed by atoms with E-state index >= 15 is 0 Å². The van der Waals surface area contributed by atoms with Crippen LogP contribution in [0.25, 0.3) is 0 Å². The molecule has 4 nitrogen and oxygen atoms in total. The summed E-state index contributed by atoms with van der Waals surface area (Å²) < 4.78 is 13.9. The molecule has 0 bridgehead atoms. The molecule has 1 aromatic carbocycles. The summed E-state index contributed by atoms with van der Waals surface area (Å²) in [5.74, 6) is -1.05. The summed E-state index contributed by atoms with van der Waals surface area (Å²) in [5, 5.41) is 9.07. The van der Waals surface area contributed by atoms with Crippen molar-refractivity contribution in [1.82, 2.24) is 4.90 Å². The highest BCUT2D eigenvalue weighted by Crippen LogP contribution is 2.26. The number of primary amides is 1. The Morgan fingerprint density at radius 3 is 2.68 bits per heavy atom. The van der Waals surface area contributed by atoms with Crippen LogP contribution in [-0.4, -0.2) is 35.1 Å². The Hall–Kier alpha value is -1.46. The summed E-state index contributed by atoms with van der Waals surface area (Å²) in [6, 6.07) is 4.74. The first-order valence-corrected chi connectivity index (χ1v) is 6.55. The molecule has 1 saturated carbocycles. The number of nitrogens with two attached hydrogens (primary N) is 1. The van der Waals surface area contributed by atoms with Crippen molar-refractivity contribution in [2.24, 2.45) is 5.73 Å². The van der Waals surface area contributed by atoms with Crippen molar-refractivity contribution < 1.29 is 14.3 Å². The van der Waals surface area contributed by atoms with E-state index in [4.69, 9.17) is 10.8 Å². The summed E-state index contributed by atoms with van der Waals surface area (Å²) >= 11 is 0. The molecule has 0 unspecified atom stereocenters. The van der Waals surface area contributed by atoms with Gasteiger partial charge in [0.2, 0.25) is 5.91 Å². The van der Waals surface area contributed by atoms with E-state index in [2.05, 4.69) is 4.90 Å². The van der Waals surface area contributed by atoms with Crippen LogP contribution in [0.1, 0.15) is 35.2 Å². The smallest absolute Gasteiger partial charge is 0.248 e. The number of benzene rings is 1. The van der Waals surface area contributed by atoms with Crippen molar-refractivity contribution in [2.75, 3.05) is 13.2 Å². The SMILES string of the molecule is NC(=O)c1ccc(CN(CCO)C2CCC2)c(F)c1. The van der Waals surface area contributed by atoms with Crippen LogP contribution in [0, 0.1) is 5.82 Å². The third-order valence-corrected chi connectivity index (χ3v) is 3.69. The number of hydrogen-bond donors (Lipinski definition) is 2. The molecule has 0 radical (unpaired) electrons. The van der Waals surface area contributed by atoms with Crippen LogP contribution in [0.2, 0.25) is 0 Å². The third kappa shape index (κ3) is 3.30. The minimum atomic E-state index is -0.628. The maximum atomic E-state index is 13.9. The fraction of sp³-hybridized carbons (Fsp3) is 0.500. The summed E-state index contributed by atoms with van der Waals surface area (Å²) in [4.78, 5) is 13.1. The standard InChI is InChI=1S/C14H19FN2O2/c15-13-8-10(14(16)19)4-5-11(13)9-17(6-7-18)12-2-1-3-12/h4-5,8,12,18H,1-3,6-7,9H2,(H2,16,19). The first-order chi connectivity index (χ1) is 9.11. The van der Waals surface area contributed by atoms with E-state index in [1.165, 1.54) is 12.5 Å². The van der Waals surface area contributed by atoms with Gasteiger partial charge in [0.1, 0.15) is 5.82 Å². The van der Waals surface area contributed by atoms with Gasteiger partial charge in [0.05, 0.1) is 6.61 Å². The van der Waals surface area contributed by atoms with Crippen LogP contribution in [0.15, 0.2) is 18.2 Å². The van der Waals surface area contributed by atoms with Gasteiger partial charge in [0, 0.05) is 30.3 Å². The van der Waals surface area contributed by atoms with Crippen LogP contribution in [-0.2, 0) is 6.54 Å². The Morgan fingerprint density at radius 2 is 2.21 bits per heavy atom. The van der Waals surface area contributed by atoms with Crippen LogP contribution in [0.4, 0.5) is 4.39 Å². The molecule has 104 valence electrons. The molecular weight excluding hydrogens is 247 g/mol. The predicted octanol–water partition coefficient (Wildman–Crippen LogP) is 1.27. The molecule has 0 heterocycles. The number of rotatable bonds is 6. The average molecular weight is 266 g/mol. The minimum Gasteiger partial charge on any atom is -0.395 e. The highest BCUT2D eigenvalue weighted by molar-refractivity contribution is 5.92. The van der Waals surface area contributed by atoms with Gasteiger partial charge in [-0.05, 0) is 25.0 Å². The molecule has 5 heteroatoms. The molecule has 3 N–H and O–H groups in total. The van der Waals surface area contributed by atoms with Gasteiger partial charge < -0.3 is 10.8 Å². The van der Waals surface area contributed by atoms with Gasteiger partial charge in [-0.2, -0.15) is 0 Å². The molecule has 0 saturated heterocycles. The third-order valence-electron chi connectivity index (χ3n) is 3.69. The second-order valence-electron chi connectivity index (χ2n) is 4.95. The highest BCUT2D eigenvalue weighted by Gasteiger charge is 2.25. The fourth-order valence-corrected chi connectivity index (χ4v) is 2.32. The van der Waals surface area contributed by atoms with Gasteiger partial charge in [0.25, 0.3) is 0 Å². The van der Waals surface area contributed by atoms with Crippen molar-refractivity contribution in [1.29, 1.82) is 0 Å².